The lowest BCUT2D eigenvalue weighted by Gasteiger charge is -1.97. The van der Waals surface area contributed by atoms with Gasteiger partial charge in [0.2, 0.25) is 5.01 Å². The van der Waals surface area contributed by atoms with Crippen molar-refractivity contribution in [3.05, 3.63) is 23.3 Å². The fourth-order valence-corrected chi connectivity index (χ4v) is 1.67. The number of fused-ring (bicyclic) bond motifs is 1. The molecule has 0 fully saturated rings. The highest BCUT2D eigenvalue weighted by Gasteiger charge is 2.34. The van der Waals surface area contributed by atoms with E-state index in [1.54, 1.807) is 6.07 Å². The zero-order valence-electron chi connectivity index (χ0n) is 6.17. The fourth-order valence-electron chi connectivity index (χ4n) is 0.891. The fraction of sp³-hybridized carbons (Fsp3) is 0.143. The molecule has 6 heteroatoms. The number of alkyl halides is 3. The summed E-state index contributed by atoms with van der Waals surface area (Å²) in [6.45, 7) is 0. The smallest absolute Gasteiger partial charge is 0.244 e. The van der Waals surface area contributed by atoms with Crippen molar-refractivity contribution in [1.82, 2.24) is 9.97 Å². The second kappa shape index (κ2) is 2.66. The van der Waals surface area contributed by atoms with E-state index in [0.29, 0.717) is 21.7 Å². The highest BCUT2D eigenvalue weighted by molar-refractivity contribution is 7.18. The summed E-state index contributed by atoms with van der Waals surface area (Å²) in [6.07, 6.45) is -2.92. The highest BCUT2D eigenvalue weighted by atomic mass is 32.1. The molecule has 0 saturated heterocycles. The summed E-state index contributed by atoms with van der Waals surface area (Å²) in [7, 11) is 0. The molecule has 2 aromatic heterocycles. The van der Waals surface area contributed by atoms with E-state index in [1.807, 2.05) is 0 Å². The van der Waals surface area contributed by atoms with Crippen molar-refractivity contribution < 1.29 is 13.2 Å². The maximum atomic E-state index is 12.1. The van der Waals surface area contributed by atoms with Gasteiger partial charge in [0.05, 0.1) is 0 Å². The Hall–Kier alpha value is -1.17. The SMILES string of the molecule is FC(F)(F)c1nc2cccnc2s1. The number of aromatic nitrogens is 2. The van der Waals surface area contributed by atoms with Crippen LogP contribution in [0.3, 0.4) is 0 Å². The molecule has 0 N–H and O–H groups in total. The minimum Gasteiger partial charge on any atom is -0.244 e. The van der Waals surface area contributed by atoms with Gasteiger partial charge in [0, 0.05) is 6.20 Å². The number of hydrogen-bond acceptors (Lipinski definition) is 3. The topological polar surface area (TPSA) is 25.8 Å². The average molecular weight is 204 g/mol. The molecule has 0 aromatic carbocycles. The Morgan fingerprint density at radius 3 is 2.69 bits per heavy atom. The molecular weight excluding hydrogens is 201 g/mol. The second-order valence-corrected chi connectivity index (χ2v) is 3.32. The lowest BCUT2D eigenvalue weighted by molar-refractivity contribution is -0.137. The van der Waals surface area contributed by atoms with Gasteiger partial charge < -0.3 is 0 Å². The zero-order chi connectivity index (χ0) is 9.47. The first kappa shape index (κ1) is 8.43. The molecule has 0 saturated carbocycles. The van der Waals surface area contributed by atoms with Crippen LogP contribution in [-0.4, -0.2) is 9.97 Å². The van der Waals surface area contributed by atoms with Gasteiger partial charge in [-0.3, -0.25) is 0 Å². The molecule has 13 heavy (non-hydrogen) atoms. The van der Waals surface area contributed by atoms with Gasteiger partial charge in [0.15, 0.2) is 0 Å². The van der Waals surface area contributed by atoms with Gasteiger partial charge in [-0.1, -0.05) is 11.3 Å². The maximum absolute atomic E-state index is 12.1. The van der Waals surface area contributed by atoms with Crippen LogP contribution in [0.2, 0.25) is 0 Å². The summed E-state index contributed by atoms with van der Waals surface area (Å²) in [5.74, 6) is 0. The van der Waals surface area contributed by atoms with Crippen LogP contribution < -0.4 is 0 Å². The normalized spacial score (nSPS) is 12.2. The number of pyridine rings is 1. The largest absolute Gasteiger partial charge is 0.443 e. The molecule has 2 rings (SSSR count). The minimum absolute atomic E-state index is 0.292. The first-order valence-corrected chi connectivity index (χ1v) is 4.18. The van der Waals surface area contributed by atoms with Gasteiger partial charge in [0.1, 0.15) is 10.3 Å². The molecule has 0 amide bonds. The Balaban J connectivity index is 2.63. The quantitative estimate of drug-likeness (QED) is 0.659. The Morgan fingerprint density at radius 2 is 2.08 bits per heavy atom. The van der Waals surface area contributed by atoms with Crippen molar-refractivity contribution in [2.24, 2.45) is 0 Å². The third-order valence-electron chi connectivity index (χ3n) is 1.41. The van der Waals surface area contributed by atoms with E-state index in [-0.39, 0.29) is 0 Å². The molecule has 2 nitrogen and oxygen atoms in total. The summed E-state index contributed by atoms with van der Waals surface area (Å²) in [4.78, 5) is 7.50. The van der Waals surface area contributed by atoms with Crippen molar-refractivity contribution in [2.75, 3.05) is 0 Å². The van der Waals surface area contributed by atoms with E-state index < -0.39 is 11.2 Å². The molecule has 0 atom stereocenters. The Kier molecular flexibility index (Phi) is 1.73. The van der Waals surface area contributed by atoms with Gasteiger partial charge in [-0.25, -0.2) is 9.97 Å². The second-order valence-electron chi connectivity index (χ2n) is 2.34. The number of halogens is 3. The standard InChI is InChI=1S/C7H3F3N2S/c8-7(9,10)6-12-4-2-1-3-11-5(4)13-6/h1-3H. The molecule has 0 aliphatic heterocycles. The molecule has 0 bridgehead atoms. The predicted octanol–water partition coefficient (Wildman–Crippen LogP) is 2.71. The van der Waals surface area contributed by atoms with Crippen molar-refractivity contribution in [3.8, 4) is 0 Å². The predicted molar refractivity (Wildman–Crippen MR) is 42.4 cm³/mol. The summed E-state index contributed by atoms with van der Waals surface area (Å²) < 4.78 is 36.4. The van der Waals surface area contributed by atoms with Crippen LogP contribution >= 0.6 is 11.3 Å². The zero-order valence-corrected chi connectivity index (χ0v) is 6.99. The number of hydrogen-bond donors (Lipinski definition) is 0. The minimum atomic E-state index is -4.37. The van der Waals surface area contributed by atoms with Gasteiger partial charge in [0.25, 0.3) is 0 Å². The number of thiazole rings is 1. The summed E-state index contributed by atoms with van der Waals surface area (Å²) >= 11 is 0.557. The van der Waals surface area contributed by atoms with E-state index >= 15 is 0 Å². The van der Waals surface area contributed by atoms with Crippen LogP contribution in [0.5, 0.6) is 0 Å². The van der Waals surface area contributed by atoms with E-state index in [1.165, 1.54) is 12.3 Å². The Bertz CT molecular complexity index is 401. The lowest BCUT2D eigenvalue weighted by atomic mass is 10.5. The van der Waals surface area contributed by atoms with Gasteiger partial charge in [-0.2, -0.15) is 13.2 Å². The van der Waals surface area contributed by atoms with Crippen LogP contribution in [0.1, 0.15) is 5.01 Å². The summed E-state index contributed by atoms with van der Waals surface area (Å²) in [5.41, 5.74) is 0.292. The molecule has 0 radical (unpaired) electrons. The van der Waals surface area contributed by atoms with Crippen molar-refractivity contribution in [1.29, 1.82) is 0 Å². The molecule has 68 valence electrons. The van der Waals surface area contributed by atoms with E-state index in [0.717, 1.165) is 0 Å². The molecule has 0 spiro atoms. The molecular formula is C7H3F3N2S. The molecule has 0 unspecified atom stereocenters. The Labute approximate surface area is 75.1 Å². The molecule has 0 aliphatic rings. The van der Waals surface area contributed by atoms with Crippen LogP contribution in [-0.2, 0) is 6.18 Å². The van der Waals surface area contributed by atoms with Crippen LogP contribution in [0.25, 0.3) is 10.3 Å². The highest BCUT2D eigenvalue weighted by Crippen LogP contribution is 2.34. The van der Waals surface area contributed by atoms with Crippen molar-refractivity contribution in [3.63, 3.8) is 0 Å². The maximum Gasteiger partial charge on any atom is 0.443 e. The average Bonchev–Trinajstić information content (AvgIpc) is 2.45. The first-order valence-electron chi connectivity index (χ1n) is 3.36. The van der Waals surface area contributed by atoms with Gasteiger partial charge in [-0.05, 0) is 12.1 Å². The summed E-state index contributed by atoms with van der Waals surface area (Å²) in [6, 6.07) is 3.07. The van der Waals surface area contributed by atoms with Gasteiger partial charge >= 0.3 is 6.18 Å². The van der Waals surface area contributed by atoms with Crippen LogP contribution in [0.15, 0.2) is 18.3 Å². The number of rotatable bonds is 0. The lowest BCUT2D eigenvalue weighted by Crippen LogP contribution is -2.03. The third-order valence-corrected chi connectivity index (χ3v) is 2.43. The van der Waals surface area contributed by atoms with E-state index in [9.17, 15) is 13.2 Å². The molecule has 0 aliphatic carbocycles. The van der Waals surface area contributed by atoms with Crippen molar-refractivity contribution >= 4 is 21.7 Å². The van der Waals surface area contributed by atoms with Crippen molar-refractivity contribution in [2.45, 2.75) is 6.18 Å². The van der Waals surface area contributed by atoms with Gasteiger partial charge in [-0.15, -0.1) is 0 Å². The number of nitrogens with zero attached hydrogens (tertiary/aromatic N) is 2. The molecule has 2 aromatic rings. The first-order chi connectivity index (χ1) is 6.07. The van der Waals surface area contributed by atoms with Crippen LogP contribution in [0.4, 0.5) is 13.2 Å². The van der Waals surface area contributed by atoms with E-state index in [2.05, 4.69) is 9.97 Å². The van der Waals surface area contributed by atoms with Crippen LogP contribution in [0, 0.1) is 0 Å². The molecule has 2 heterocycles. The Morgan fingerprint density at radius 1 is 1.31 bits per heavy atom. The van der Waals surface area contributed by atoms with E-state index in [4.69, 9.17) is 0 Å². The summed E-state index contributed by atoms with van der Waals surface area (Å²) in [5, 5.41) is -0.846. The third kappa shape index (κ3) is 1.49. The monoisotopic (exact) mass is 204 g/mol.